The van der Waals surface area contributed by atoms with Gasteiger partial charge in [0.1, 0.15) is 11.5 Å². The predicted molar refractivity (Wildman–Crippen MR) is 113 cm³/mol. The second-order valence-corrected chi connectivity index (χ2v) is 10.8. The molecule has 2 aromatic carbocycles. The number of aryl methyl sites for hydroxylation is 1. The van der Waals surface area contributed by atoms with Gasteiger partial charge < -0.3 is 4.74 Å². The van der Waals surface area contributed by atoms with Crippen molar-refractivity contribution in [3.8, 4) is 0 Å². The first-order valence-corrected chi connectivity index (χ1v) is 12.2. The zero-order valence-corrected chi connectivity index (χ0v) is 18.0. The highest BCUT2D eigenvalue weighted by molar-refractivity contribution is 7.89. The molecular formula is C24H27NO4S. The maximum atomic E-state index is 13.7. The maximum Gasteiger partial charge on any atom is 0.315 e. The Balaban J connectivity index is 1.61. The molecule has 0 radical (unpaired) electrons. The monoisotopic (exact) mass is 425 g/mol. The van der Waals surface area contributed by atoms with Gasteiger partial charge in [-0.15, -0.1) is 0 Å². The lowest BCUT2D eigenvalue weighted by atomic mass is 9.66. The Bertz CT molecular complexity index is 1040. The third-order valence-electron chi connectivity index (χ3n) is 7.16. The molecule has 0 aromatic heterocycles. The summed E-state index contributed by atoms with van der Waals surface area (Å²) < 4.78 is 34.9. The van der Waals surface area contributed by atoms with Gasteiger partial charge in [-0.2, -0.15) is 4.31 Å². The van der Waals surface area contributed by atoms with Gasteiger partial charge in [-0.05, 0) is 37.5 Å². The van der Waals surface area contributed by atoms with Gasteiger partial charge in [-0.25, -0.2) is 8.42 Å². The molecule has 0 amide bonds. The number of hydrogen-bond donors (Lipinski definition) is 0. The molecule has 1 aliphatic carbocycles. The van der Waals surface area contributed by atoms with E-state index >= 15 is 0 Å². The van der Waals surface area contributed by atoms with E-state index in [2.05, 4.69) is 0 Å². The minimum absolute atomic E-state index is 0.221. The van der Waals surface area contributed by atoms with Crippen LogP contribution in [0.2, 0.25) is 0 Å². The molecule has 3 atom stereocenters. The summed E-state index contributed by atoms with van der Waals surface area (Å²) in [6, 6.07) is 16.0. The highest BCUT2D eigenvalue weighted by Crippen LogP contribution is 2.59. The van der Waals surface area contributed by atoms with Crippen LogP contribution in [0, 0.1) is 18.8 Å². The SMILES string of the molecule is Cc1ccc(S(=O)(=O)N2C[C@]3(C4CCCCC4)OC(=O)[C@@H]3[C@H]2c2ccccc2)cc1. The molecule has 30 heavy (non-hydrogen) atoms. The van der Waals surface area contributed by atoms with Crippen LogP contribution in [0.4, 0.5) is 0 Å². The smallest absolute Gasteiger partial charge is 0.315 e. The quantitative estimate of drug-likeness (QED) is 0.688. The van der Waals surface area contributed by atoms with Crippen LogP contribution in [-0.2, 0) is 19.6 Å². The summed E-state index contributed by atoms with van der Waals surface area (Å²) >= 11 is 0. The fourth-order valence-electron chi connectivity index (χ4n) is 5.64. The van der Waals surface area contributed by atoms with E-state index in [1.165, 1.54) is 10.7 Å². The van der Waals surface area contributed by atoms with Crippen molar-refractivity contribution in [2.75, 3.05) is 6.54 Å². The predicted octanol–water partition coefficient (Wildman–Crippen LogP) is 4.23. The molecule has 3 fully saturated rings. The van der Waals surface area contributed by atoms with E-state index in [-0.39, 0.29) is 23.3 Å². The van der Waals surface area contributed by atoms with Gasteiger partial charge in [0.2, 0.25) is 10.0 Å². The van der Waals surface area contributed by atoms with Crippen LogP contribution in [0.5, 0.6) is 0 Å². The van der Waals surface area contributed by atoms with Gasteiger partial charge in [0.25, 0.3) is 0 Å². The lowest BCUT2D eigenvalue weighted by Crippen LogP contribution is -2.62. The summed E-state index contributed by atoms with van der Waals surface area (Å²) in [6.45, 7) is 2.17. The molecule has 158 valence electrons. The van der Waals surface area contributed by atoms with E-state index in [1.807, 2.05) is 49.4 Å². The molecular weight excluding hydrogens is 398 g/mol. The maximum absolute atomic E-state index is 13.7. The van der Waals surface area contributed by atoms with Crippen molar-refractivity contribution in [1.29, 1.82) is 0 Å². The van der Waals surface area contributed by atoms with Gasteiger partial charge in [0.05, 0.1) is 17.5 Å². The zero-order chi connectivity index (χ0) is 20.9. The Hall–Kier alpha value is -2.18. The number of carbonyl (C=O) groups is 1. The molecule has 0 bridgehead atoms. The normalized spacial score (nSPS) is 29.8. The van der Waals surface area contributed by atoms with Gasteiger partial charge in [0.15, 0.2) is 0 Å². The fourth-order valence-corrected chi connectivity index (χ4v) is 7.30. The van der Waals surface area contributed by atoms with Crippen LogP contribution >= 0.6 is 0 Å². The van der Waals surface area contributed by atoms with Crippen LogP contribution in [-0.4, -0.2) is 30.8 Å². The average molecular weight is 426 g/mol. The third-order valence-corrected chi connectivity index (χ3v) is 9.01. The van der Waals surface area contributed by atoms with E-state index < -0.39 is 27.6 Å². The van der Waals surface area contributed by atoms with E-state index in [0.717, 1.165) is 36.8 Å². The number of sulfonamides is 1. The first kappa shape index (κ1) is 19.8. The topological polar surface area (TPSA) is 63.7 Å². The Morgan fingerprint density at radius 1 is 0.967 bits per heavy atom. The molecule has 0 N–H and O–H groups in total. The molecule has 0 unspecified atom stereocenters. The number of hydrogen-bond acceptors (Lipinski definition) is 4. The van der Waals surface area contributed by atoms with Crippen molar-refractivity contribution in [3.63, 3.8) is 0 Å². The van der Waals surface area contributed by atoms with Crippen molar-refractivity contribution in [2.24, 2.45) is 11.8 Å². The molecule has 1 saturated carbocycles. The number of carbonyl (C=O) groups excluding carboxylic acids is 1. The number of rotatable bonds is 4. The Morgan fingerprint density at radius 2 is 1.63 bits per heavy atom. The van der Waals surface area contributed by atoms with E-state index in [1.54, 1.807) is 12.1 Å². The molecule has 2 aliphatic heterocycles. The first-order chi connectivity index (χ1) is 14.4. The van der Waals surface area contributed by atoms with Crippen LogP contribution < -0.4 is 0 Å². The molecule has 6 heteroatoms. The lowest BCUT2D eigenvalue weighted by molar-refractivity contribution is -0.219. The fraction of sp³-hybridized carbons (Fsp3) is 0.458. The summed E-state index contributed by atoms with van der Waals surface area (Å²) in [5, 5.41) is 0. The van der Waals surface area contributed by atoms with Crippen LogP contribution in [0.15, 0.2) is 59.5 Å². The Morgan fingerprint density at radius 3 is 2.27 bits per heavy atom. The summed E-state index contributed by atoms with van der Waals surface area (Å²) in [6.07, 6.45) is 5.39. The van der Waals surface area contributed by atoms with E-state index in [0.29, 0.717) is 0 Å². The summed E-state index contributed by atoms with van der Waals surface area (Å²) in [4.78, 5) is 13.0. The summed E-state index contributed by atoms with van der Waals surface area (Å²) in [7, 11) is -3.78. The standard InChI is InChI=1S/C24H27NO4S/c1-17-12-14-20(15-13-17)30(27,28)25-16-24(19-10-6-3-7-11-19)21(23(26)29-24)22(25)18-8-4-2-5-9-18/h2,4-5,8-9,12-15,19,21-22H,3,6-7,10-11,16H2,1H3/t21-,22+,24+/m0/s1. The van der Waals surface area contributed by atoms with Crippen molar-refractivity contribution in [1.82, 2.24) is 4.31 Å². The van der Waals surface area contributed by atoms with Crippen LogP contribution in [0.3, 0.4) is 0 Å². The highest BCUT2D eigenvalue weighted by atomic mass is 32.2. The minimum atomic E-state index is -3.78. The second kappa shape index (κ2) is 7.20. The van der Waals surface area contributed by atoms with Crippen molar-refractivity contribution < 1.29 is 17.9 Å². The van der Waals surface area contributed by atoms with Crippen molar-refractivity contribution >= 4 is 16.0 Å². The molecule has 0 spiro atoms. The van der Waals surface area contributed by atoms with Gasteiger partial charge in [0, 0.05) is 5.92 Å². The molecule has 2 aromatic rings. The van der Waals surface area contributed by atoms with Gasteiger partial charge in [-0.1, -0.05) is 67.3 Å². The third kappa shape index (κ3) is 2.92. The molecule has 2 heterocycles. The second-order valence-electron chi connectivity index (χ2n) is 8.91. The number of benzene rings is 2. The molecule has 5 rings (SSSR count). The zero-order valence-electron chi connectivity index (χ0n) is 17.2. The Kier molecular flexibility index (Phi) is 4.75. The lowest BCUT2D eigenvalue weighted by Gasteiger charge is -2.49. The van der Waals surface area contributed by atoms with Crippen molar-refractivity contribution in [2.45, 2.75) is 55.6 Å². The Labute approximate surface area is 178 Å². The van der Waals surface area contributed by atoms with E-state index in [4.69, 9.17) is 4.74 Å². The van der Waals surface area contributed by atoms with E-state index in [9.17, 15) is 13.2 Å². The number of esters is 1. The van der Waals surface area contributed by atoms with Crippen molar-refractivity contribution in [3.05, 3.63) is 65.7 Å². The van der Waals surface area contributed by atoms with Gasteiger partial charge >= 0.3 is 5.97 Å². The minimum Gasteiger partial charge on any atom is -0.456 e. The summed E-state index contributed by atoms with van der Waals surface area (Å²) in [5.74, 6) is -0.488. The molecule has 5 nitrogen and oxygen atoms in total. The number of nitrogens with zero attached hydrogens (tertiary/aromatic N) is 1. The number of ether oxygens (including phenoxy) is 1. The average Bonchev–Trinajstić information content (AvgIpc) is 3.05. The largest absolute Gasteiger partial charge is 0.456 e. The van der Waals surface area contributed by atoms with Gasteiger partial charge in [-0.3, -0.25) is 4.79 Å². The number of fused-ring (bicyclic) bond motifs is 1. The first-order valence-electron chi connectivity index (χ1n) is 10.8. The highest BCUT2D eigenvalue weighted by Gasteiger charge is 2.71. The van der Waals surface area contributed by atoms with Crippen LogP contribution in [0.25, 0.3) is 0 Å². The molecule has 2 saturated heterocycles. The molecule has 3 aliphatic rings. The van der Waals surface area contributed by atoms with Crippen LogP contribution in [0.1, 0.15) is 49.3 Å². The summed E-state index contributed by atoms with van der Waals surface area (Å²) in [5.41, 5.74) is 1.16.